The van der Waals surface area contributed by atoms with E-state index in [4.69, 9.17) is 0 Å². The van der Waals surface area contributed by atoms with Gasteiger partial charge in [-0.2, -0.15) is 0 Å². The van der Waals surface area contributed by atoms with Gasteiger partial charge in [-0.25, -0.2) is 4.39 Å². The minimum Gasteiger partial charge on any atom is -0.300 e. The largest absolute Gasteiger partial charge is 0.300 e. The molecule has 2 heterocycles. The van der Waals surface area contributed by atoms with E-state index in [1.165, 1.54) is 25.8 Å². The van der Waals surface area contributed by atoms with Gasteiger partial charge in [0.15, 0.2) is 0 Å². The van der Waals surface area contributed by atoms with Gasteiger partial charge in [-0.15, -0.1) is 0 Å². The Morgan fingerprint density at radius 2 is 1.52 bits per heavy atom. The molecule has 1 saturated carbocycles. The SMILES string of the molecule is CC(C)C1CC(F)CN1C.CC(C)C1CC2(CC2)CN1C(C)C. The van der Waals surface area contributed by atoms with Crippen LogP contribution in [0.25, 0.3) is 0 Å². The average Bonchev–Trinajstić information content (AvgIpc) is 2.91. The quantitative estimate of drug-likeness (QED) is 0.748. The van der Waals surface area contributed by atoms with E-state index in [9.17, 15) is 4.39 Å². The van der Waals surface area contributed by atoms with Crippen LogP contribution < -0.4 is 0 Å². The molecule has 3 unspecified atom stereocenters. The highest BCUT2D eigenvalue weighted by atomic mass is 19.1. The number of nitrogens with zero attached hydrogens (tertiary/aromatic N) is 2. The van der Waals surface area contributed by atoms with Gasteiger partial charge in [0.05, 0.1) is 0 Å². The Morgan fingerprint density at radius 1 is 0.957 bits per heavy atom. The standard InChI is InChI=1S/C12H23N.C8H16FN/c1-9(2)11-7-12(5-6-12)8-13(11)10(3)4;1-6(2)8-4-7(9)5-10(8)3/h9-11H,5-8H2,1-4H3;6-8H,4-5H2,1-3H3. The van der Waals surface area contributed by atoms with Gasteiger partial charge in [0.25, 0.3) is 0 Å². The maximum absolute atomic E-state index is 12.7. The fourth-order valence-electron chi connectivity index (χ4n) is 4.60. The minimum atomic E-state index is -0.586. The Morgan fingerprint density at radius 3 is 1.78 bits per heavy atom. The summed E-state index contributed by atoms with van der Waals surface area (Å²) >= 11 is 0. The molecule has 2 aliphatic heterocycles. The summed E-state index contributed by atoms with van der Waals surface area (Å²) in [4.78, 5) is 4.85. The van der Waals surface area contributed by atoms with Crippen LogP contribution in [0, 0.1) is 17.3 Å². The zero-order valence-corrected chi connectivity index (χ0v) is 16.5. The number of alkyl halides is 1. The lowest BCUT2D eigenvalue weighted by atomic mass is 9.96. The van der Waals surface area contributed by atoms with Crippen molar-refractivity contribution >= 4 is 0 Å². The molecule has 3 aliphatic rings. The lowest BCUT2D eigenvalue weighted by Gasteiger charge is -2.30. The van der Waals surface area contributed by atoms with Crippen LogP contribution in [0.15, 0.2) is 0 Å². The molecule has 3 atom stereocenters. The Labute approximate surface area is 143 Å². The van der Waals surface area contributed by atoms with E-state index in [1.54, 1.807) is 0 Å². The van der Waals surface area contributed by atoms with E-state index in [0.29, 0.717) is 18.5 Å². The van der Waals surface area contributed by atoms with Crippen molar-refractivity contribution in [3.8, 4) is 0 Å². The number of likely N-dealkylation sites (tertiary alicyclic amines) is 2. The van der Waals surface area contributed by atoms with Gasteiger partial charge in [0.1, 0.15) is 6.17 Å². The molecular formula is C20H39FN2. The van der Waals surface area contributed by atoms with E-state index in [0.717, 1.165) is 29.8 Å². The third kappa shape index (κ3) is 4.69. The molecule has 3 fully saturated rings. The van der Waals surface area contributed by atoms with Gasteiger partial charge in [-0.3, -0.25) is 4.90 Å². The summed E-state index contributed by atoms with van der Waals surface area (Å²) in [7, 11) is 2.00. The first-order valence-corrected chi connectivity index (χ1v) is 9.75. The monoisotopic (exact) mass is 326 g/mol. The molecule has 0 radical (unpaired) electrons. The van der Waals surface area contributed by atoms with Crippen LogP contribution in [0.5, 0.6) is 0 Å². The van der Waals surface area contributed by atoms with Crippen molar-refractivity contribution in [2.75, 3.05) is 20.1 Å². The van der Waals surface area contributed by atoms with Crippen LogP contribution in [0.1, 0.15) is 67.2 Å². The Bertz CT molecular complexity index is 358. The highest BCUT2D eigenvalue weighted by Gasteiger charge is 2.52. The molecule has 0 bridgehead atoms. The highest BCUT2D eigenvalue weighted by molar-refractivity contribution is 5.05. The van der Waals surface area contributed by atoms with E-state index in [2.05, 4.69) is 51.3 Å². The predicted molar refractivity (Wildman–Crippen MR) is 97.5 cm³/mol. The fourth-order valence-corrected chi connectivity index (χ4v) is 4.60. The van der Waals surface area contributed by atoms with Crippen molar-refractivity contribution < 1.29 is 4.39 Å². The molecule has 0 aromatic rings. The summed E-state index contributed by atoms with van der Waals surface area (Å²) in [5.41, 5.74) is 0.777. The van der Waals surface area contributed by atoms with Crippen molar-refractivity contribution in [3.63, 3.8) is 0 Å². The smallest absolute Gasteiger partial charge is 0.114 e. The number of halogens is 1. The summed E-state index contributed by atoms with van der Waals surface area (Å²) in [5.74, 6) is 1.42. The summed E-state index contributed by atoms with van der Waals surface area (Å²) in [6.45, 7) is 15.8. The van der Waals surface area contributed by atoms with Crippen LogP contribution in [-0.4, -0.2) is 54.2 Å². The van der Waals surface area contributed by atoms with E-state index >= 15 is 0 Å². The zero-order chi connectivity index (χ0) is 17.4. The van der Waals surface area contributed by atoms with Crippen molar-refractivity contribution in [2.24, 2.45) is 17.3 Å². The summed E-state index contributed by atoms with van der Waals surface area (Å²) in [5, 5.41) is 0. The Balaban J connectivity index is 0.000000174. The topological polar surface area (TPSA) is 6.48 Å². The first-order valence-electron chi connectivity index (χ1n) is 9.75. The number of rotatable bonds is 3. The van der Waals surface area contributed by atoms with Crippen molar-refractivity contribution in [1.29, 1.82) is 0 Å². The number of hydrogen-bond acceptors (Lipinski definition) is 2. The maximum Gasteiger partial charge on any atom is 0.114 e. The van der Waals surface area contributed by atoms with Gasteiger partial charge in [0.2, 0.25) is 0 Å². The second-order valence-corrected chi connectivity index (χ2v) is 9.37. The lowest BCUT2D eigenvalue weighted by molar-refractivity contribution is 0.163. The van der Waals surface area contributed by atoms with Crippen molar-refractivity contribution in [2.45, 2.75) is 91.5 Å². The molecule has 3 rings (SSSR count). The second-order valence-electron chi connectivity index (χ2n) is 9.37. The molecule has 0 aromatic carbocycles. The second kappa shape index (κ2) is 7.39. The van der Waals surface area contributed by atoms with Gasteiger partial charge in [-0.1, -0.05) is 27.7 Å². The van der Waals surface area contributed by atoms with E-state index in [-0.39, 0.29) is 0 Å². The summed E-state index contributed by atoms with van der Waals surface area (Å²) in [6, 6.07) is 2.07. The average molecular weight is 327 g/mol. The minimum absolute atomic E-state index is 0.468. The lowest BCUT2D eigenvalue weighted by Crippen LogP contribution is -2.38. The predicted octanol–water partition coefficient (Wildman–Crippen LogP) is 4.59. The Kier molecular flexibility index (Phi) is 6.16. The van der Waals surface area contributed by atoms with Gasteiger partial charge < -0.3 is 4.90 Å². The summed E-state index contributed by atoms with van der Waals surface area (Å²) < 4.78 is 12.7. The molecule has 2 nitrogen and oxygen atoms in total. The van der Waals surface area contributed by atoms with Crippen LogP contribution in [0.3, 0.4) is 0 Å². The molecule has 1 spiro atoms. The molecule has 0 N–H and O–H groups in total. The highest BCUT2D eigenvalue weighted by Crippen LogP contribution is 2.56. The van der Waals surface area contributed by atoms with E-state index < -0.39 is 6.17 Å². The van der Waals surface area contributed by atoms with Crippen LogP contribution in [0.2, 0.25) is 0 Å². The fraction of sp³-hybridized carbons (Fsp3) is 1.00. The van der Waals surface area contributed by atoms with Crippen molar-refractivity contribution in [3.05, 3.63) is 0 Å². The van der Waals surface area contributed by atoms with Gasteiger partial charge in [-0.05, 0) is 63.8 Å². The maximum atomic E-state index is 12.7. The first-order chi connectivity index (χ1) is 10.6. The molecule has 136 valence electrons. The number of hydrogen-bond donors (Lipinski definition) is 0. The molecule has 1 aliphatic carbocycles. The van der Waals surface area contributed by atoms with Crippen LogP contribution in [0.4, 0.5) is 4.39 Å². The zero-order valence-electron chi connectivity index (χ0n) is 16.5. The van der Waals surface area contributed by atoms with Gasteiger partial charge >= 0.3 is 0 Å². The summed E-state index contributed by atoms with van der Waals surface area (Å²) in [6.07, 6.45) is 4.62. The third-order valence-corrected chi connectivity index (χ3v) is 6.30. The molecule has 3 heteroatoms. The van der Waals surface area contributed by atoms with Crippen LogP contribution in [-0.2, 0) is 0 Å². The third-order valence-electron chi connectivity index (χ3n) is 6.30. The van der Waals surface area contributed by atoms with Gasteiger partial charge in [0, 0.05) is 31.2 Å². The molecular weight excluding hydrogens is 287 g/mol. The van der Waals surface area contributed by atoms with E-state index in [1.807, 2.05) is 7.05 Å². The molecule has 23 heavy (non-hydrogen) atoms. The van der Waals surface area contributed by atoms with Crippen LogP contribution >= 0.6 is 0 Å². The first kappa shape index (κ1) is 19.2. The molecule has 0 aromatic heterocycles. The molecule has 0 amide bonds. The Hall–Kier alpha value is -0.150. The molecule has 2 saturated heterocycles. The van der Waals surface area contributed by atoms with Crippen molar-refractivity contribution in [1.82, 2.24) is 9.80 Å². The normalized spacial score (nSPS) is 33.8.